The molecular weight excluding hydrogens is 348 g/mol. The molecule has 152 valence electrons. The second-order valence-electron chi connectivity index (χ2n) is 10.3. The summed E-state index contributed by atoms with van der Waals surface area (Å²) < 4.78 is 5.79. The fraction of sp³-hybridized carbons (Fsp3) is 0.708. The number of cyclic esters (lactones) is 1. The van der Waals surface area contributed by atoms with E-state index in [9.17, 15) is 4.79 Å². The zero-order valence-corrected chi connectivity index (χ0v) is 17.5. The van der Waals surface area contributed by atoms with Gasteiger partial charge in [-0.25, -0.2) is 0 Å². The van der Waals surface area contributed by atoms with Crippen molar-refractivity contribution in [3.63, 3.8) is 0 Å². The summed E-state index contributed by atoms with van der Waals surface area (Å²) in [5.41, 5.74) is 4.49. The number of carbonyl (C=O) groups excluding carboxylic acids is 1. The number of rotatable bonds is 4. The first-order valence-electron chi connectivity index (χ1n) is 11.2. The first-order chi connectivity index (χ1) is 13.5. The average Bonchev–Trinajstić information content (AvgIpc) is 2.87. The van der Waals surface area contributed by atoms with Crippen LogP contribution < -0.4 is 4.90 Å². The lowest BCUT2D eigenvalue weighted by Gasteiger charge is -2.61. The van der Waals surface area contributed by atoms with Crippen LogP contribution in [-0.2, 0) is 9.53 Å². The van der Waals surface area contributed by atoms with E-state index in [0.29, 0.717) is 5.41 Å². The van der Waals surface area contributed by atoms with E-state index in [1.807, 2.05) is 0 Å². The molecule has 1 atom stereocenters. The molecule has 4 fully saturated rings. The predicted octanol–water partition coefficient (Wildman–Crippen LogP) is 4.08. The Labute approximate surface area is 169 Å². The molecule has 1 unspecified atom stereocenters. The van der Waals surface area contributed by atoms with Crippen LogP contribution in [-0.4, -0.2) is 49.7 Å². The molecule has 0 aromatic heterocycles. The highest BCUT2D eigenvalue weighted by Gasteiger charge is 2.52. The van der Waals surface area contributed by atoms with Crippen LogP contribution in [0.25, 0.3) is 0 Å². The normalized spacial score (nSPS) is 28.3. The van der Waals surface area contributed by atoms with Gasteiger partial charge in [-0.3, -0.25) is 4.79 Å². The van der Waals surface area contributed by atoms with Crippen LogP contribution in [0.15, 0.2) is 18.2 Å². The minimum Gasteiger partial charge on any atom is -0.462 e. The molecule has 5 rings (SSSR count). The van der Waals surface area contributed by atoms with Crippen LogP contribution in [0.4, 0.5) is 5.69 Å². The Balaban J connectivity index is 1.07. The van der Waals surface area contributed by atoms with Crippen molar-refractivity contribution in [3.8, 4) is 0 Å². The molecule has 1 aromatic carbocycles. The second-order valence-corrected chi connectivity index (χ2v) is 10.3. The topological polar surface area (TPSA) is 32.8 Å². The van der Waals surface area contributed by atoms with E-state index >= 15 is 0 Å². The maximum absolute atomic E-state index is 12.4. The predicted molar refractivity (Wildman–Crippen MR) is 112 cm³/mol. The van der Waals surface area contributed by atoms with Gasteiger partial charge in [0.15, 0.2) is 0 Å². The van der Waals surface area contributed by atoms with Crippen LogP contribution in [0.2, 0.25) is 0 Å². The molecule has 3 heterocycles. The number of esters is 1. The summed E-state index contributed by atoms with van der Waals surface area (Å²) in [5, 5.41) is 0. The summed E-state index contributed by atoms with van der Waals surface area (Å²) in [6.07, 6.45) is 7.97. The Morgan fingerprint density at radius 3 is 2.36 bits per heavy atom. The molecule has 1 aliphatic carbocycles. The lowest BCUT2D eigenvalue weighted by atomic mass is 9.71. The Hall–Kier alpha value is -1.55. The lowest BCUT2D eigenvalue weighted by molar-refractivity contribution is -0.150. The van der Waals surface area contributed by atoms with Crippen LogP contribution >= 0.6 is 0 Å². The minimum atomic E-state index is -0.112. The minimum absolute atomic E-state index is 0.111. The Bertz CT molecular complexity index is 734. The zero-order valence-electron chi connectivity index (χ0n) is 17.5. The number of nitrogens with zero attached hydrogens (tertiary/aromatic N) is 2. The van der Waals surface area contributed by atoms with Crippen molar-refractivity contribution >= 4 is 11.7 Å². The third kappa shape index (κ3) is 3.24. The summed E-state index contributed by atoms with van der Waals surface area (Å²) in [7, 11) is 0. The molecule has 0 radical (unpaired) electrons. The monoisotopic (exact) mass is 382 g/mol. The van der Waals surface area contributed by atoms with Gasteiger partial charge in [0.05, 0.1) is 5.41 Å². The van der Waals surface area contributed by atoms with E-state index in [0.717, 1.165) is 32.2 Å². The second kappa shape index (κ2) is 6.76. The third-order valence-corrected chi connectivity index (χ3v) is 7.65. The fourth-order valence-electron chi connectivity index (χ4n) is 6.30. The molecule has 3 saturated heterocycles. The van der Waals surface area contributed by atoms with Crippen molar-refractivity contribution in [3.05, 3.63) is 29.3 Å². The molecule has 4 nitrogen and oxygen atoms in total. The van der Waals surface area contributed by atoms with Gasteiger partial charge in [0.2, 0.25) is 0 Å². The molecule has 2 spiro atoms. The van der Waals surface area contributed by atoms with E-state index < -0.39 is 0 Å². The maximum Gasteiger partial charge on any atom is 0.312 e. The number of hydrogen-bond donors (Lipinski definition) is 0. The summed E-state index contributed by atoms with van der Waals surface area (Å²) >= 11 is 0. The SMILES string of the molecule is Cc1cc(C)cc(N2CC3(CN(CCC4CC5(CCCCC5)C(=O)O4)C3)C2)c1. The summed E-state index contributed by atoms with van der Waals surface area (Å²) in [4.78, 5) is 17.5. The summed E-state index contributed by atoms with van der Waals surface area (Å²) in [5.74, 6) is 0.111. The molecule has 4 aliphatic rings. The van der Waals surface area contributed by atoms with Gasteiger partial charge in [0.1, 0.15) is 6.10 Å². The van der Waals surface area contributed by atoms with Crippen LogP contribution in [0.3, 0.4) is 0 Å². The lowest BCUT2D eigenvalue weighted by Crippen LogP contribution is -2.72. The fourth-order valence-corrected chi connectivity index (χ4v) is 6.30. The Morgan fingerprint density at radius 2 is 1.68 bits per heavy atom. The maximum atomic E-state index is 12.4. The molecular formula is C24H34N2O2. The summed E-state index contributed by atoms with van der Waals surface area (Å²) in [6, 6.07) is 6.87. The first kappa shape index (κ1) is 18.5. The number of carbonyl (C=O) groups is 1. The Kier molecular flexibility index (Phi) is 4.46. The molecule has 4 heteroatoms. The molecule has 0 amide bonds. The molecule has 1 saturated carbocycles. The smallest absolute Gasteiger partial charge is 0.312 e. The third-order valence-electron chi connectivity index (χ3n) is 7.65. The molecule has 28 heavy (non-hydrogen) atoms. The average molecular weight is 383 g/mol. The van der Waals surface area contributed by atoms with Crippen LogP contribution in [0, 0.1) is 24.7 Å². The van der Waals surface area contributed by atoms with Gasteiger partial charge in [0, 0.05) is 50.2 Å². The van der Waals surface area contributed by atoms with E-state index in [1.54, 1.807) is 0 Å². The standard InChI is InChI=1S/C24H34N2O2/c1-18-10-19(2)12-20(11-18)26-16-23(17-26)14-25(15-23)9-6-21-13-24(22(27)28-21)7-4-3-5-8-24/h10-12,21H,3-9,13-17H2,1-2H3. The largest absolute Gasteiger partial charge is 0.462 e. The van der Waals surface area contributed by atoms with Gasteiger partial charge in [-0.05, 0) is 56.4 Å². The highest BCUT2D eigenvalue weighted by molar-refractivity contribution is 5.79. The molecule has 3 aliphatic heterocycles. The Morgan fingerprint density at radius 1 is 1.00 bits per heavy atom. The van der Waals surface area contributed by atoms with Crippen LogP contribution in [0.1, 0.15) is 56.1 Å². The van der Waals surface area contributed by atoms with Gasteiger partial charge in [-0.1, -0.05) is 25.3 Å². The molecule has 0 bridgehead atoms. The van der Waals surface area contributed by atoms with E-state index in [4.69, 9.17) is 4.74 Å². The van der Waals surface area contributed by atoms with E-state index in [2.05, 4.69) is 41.8 Å². The van der Waals surface area contributed by atoms with Gasteiger partial charge in [0.25, 0.3) is 0 Å². The molecule has 1 aromatic rings. The van der Waals surface area contributed by atoms with Gasteiger partial charge in [-0.2, -0.15) is 0 Å². The highest BCUT2D eigenvalue weighted by Crippen LogP contribution is 2.47. The van der Waals surface area contributed by atoms with Crippen molar-refractivity contribution in [2.45, 2.75) is 64.9 Å². The van der Waals surface area contributed by atoms with Crippen molar-refractivity contribution < 1.29 is 9.53 Å². The van der Waals surface area contributed by atoms with Gasteiger partial charge in [-0.15, -0.1) is 0 Å². The first-order valence-corrected chi connectivity index (χ1v) is 11.2. The molecule has 0 N–H and O–H groups in total. The van der Waals surface area contributed by atoms with Gasteiger partial charge < -0.3 is 14.5 Å². The summed E-state index contributed by atoms with van der Waals surface area (Å²) in [6.45, 7) is 10.2. The van der Waals surface area contributed by atoms with E-state index in [-0.39, 0.29) is 17.5 Å². The van der Waals surface area contributed by atoms with Crippen molar-refractivity contribution in [1.82, 2.24) is 4.90 Å². The number of aryl methyl sites for hydroxylation is 2. The van der Waals surface area contributed by atoms with Crippen LogP contribution in [0.5, 0.6) is 0 Å². The van der Waals surface area contributed by atoms with Crippen molar-refractivity contribution in [1.29, 1.82) is 0 Å². The quantitative estimate of drug-likeness (QED) is 0.735. The zero-order chi connectivity index (χ0) is 19.4. The number of hydrogen-bond acceptors (Lipinski definition) is 4. The number of ether oxygens (including phenoxy) is 1. The highest BCUT2D eigenvalue weighted by atomic mass is 16.6. The van der Waals surface area contributed by atoms with Gasteiger partial charge >= 0.3 is 5.97 Å². The number of anilines is 1. The van der Waals surface area contributed by atoms with Crippen molar-refractivity contribution in [2.24, 2.45) is 10.8 Å². The number of benzene rings is 1. The van der Waals surface area contributed by atoms with E-state index in [1.165, 1.54) is 62.3 Å². The van der Waals surface area contributed by atoms with Crippen molar-refractivity contribution in [2.75, 3.05) is 37.6 Å². The number of likely N-dealkylation sites (tertiary alicyclic amines) is 1.